The molecule has 0 radical (unpaired) electrons. The van der Waals surface area contributed by atoms with Crippen molar-refractivity contribution in [3.05, 3.63) is 6.33 Å². The molecule has 0 bridgehead atoms. The monoisotopic (exact) mass is 648 g/mol. The second-order valence-corrected chi connectivity index (χ2v) is 14.4. The van der Waals surface area contributed by atoms with E-state index in [9.17, 15) is 29.2 Å². The number of anilines is 1. The number of nitrogens with one attached hydrogen (secondary N) is 2. The number of hydrogen-bond acceptors (Lipinski definition) is 15. The zero-order valence-corrected chi connectivity index (χ0v) is 26.3. The summed E-state index contributed by atoms with van der Waals surface area (Å²) in [4.78, 5) is 49.9. The standard InChI is InChI=1S/C23H37N8O10PS/c1-12(2)41-19(34)13(3)29-42(37,43-9-14-17(33)27-22(35)30(14)5)40-8-7-39-20(23(4,36)10-32)31-11-25-15-16(31)26-21(24)28-18(15)38-6/h11-14,20,32,36H,7-10H2,1-6H3,(H,29,37)(H2,24,26,28)(H,27,33,35)/t13?,14?,20-,23-,42?/m1/s1. The van der Waals surface area contributed by atoms with E-state index in [0.717, 1.165) is 11.4 Å². The number of aromatic nitrogens is 4. The van der Waals surface area contributed by atoms with Crippen LogP contribution in [0.2, 0.25) is 0 Å². The van der Waals surface area contributed by atoms with Crippen molar-refractivity contribution in [1.29, 1.82) is 0 Å². The molecule has 2 aromatic rings. The fourth-order valence-electron chi connectivity index (χ4n) is 3.86. The van der Waals surface area contributed by atoms with E-state index in [-0.39, 0.29) is 42.0 Å². The summed E-state index contributed by atoms with van der Waals surface area (Å²) in [6.45, 7) is 0.809. The zero-order valence-electron chi connectivity index (χ0n) is 24.5. The molecule has 0 spiro atoms. The van der Waals surface area contributed by atoms with Gasteiger partial charge in [0.2, 0.25) is 11.8 Å². The van der Waals surface area contributed by atoms with Gasteiger partial charge in [0.1, 0.15) is 17.7 Å². The Balaban J connectivity index is 1.77. The number of urea groups is 1. The van der Waals surface area contributed by atoms with Crippen LogP contribution in [0.3, 0.4) is 0 Å². The Labute approximate surface area is 251 Å². The van der Waals surface area contributed by atoms with Crippen molar-refractivity contribution >= 4 is 53.1 Å². The third-order valence-corrected chi connectivity index (χ3v) is 10.2. The Morgan fingerprint density at radius 2 is 2.00 bits per heavy atom. The Hall–Kier alpha value is -3.06. The van der Waals surface area contributed by atoms with Gasteiger partial charge < -0.3 is 39.6 Å². The van der Waals surface area contributed by atoms with Gasteiger partial charge in [0.05, 0.1) is 39.4 Å². The minimum Gasteiger partial charge on any atom is -0.479 e. The van der Waals surface area contributed by atoms with Gasteiger partial charge >= 0.3 is 18.7 Å². The lowest BCUT2D eigenvalue weighted by Crippen LogP contribution is -2.42. The third-order valence-electron chi connectivity index (χ3n) is 6.11. The van der Waals surface area contributed by atoms with Crippen molar-refractivity contribution < 1.29 is 47.9 Å². The van der Waals surface area contributed by atoms with E-state index < -0.39 is 61.3 Å². The van der Waals surface area contributed by atoms with Crippen LogP contribution in [-0.4, -0.2) is 116 Å². The molecule has 5 atom stereocenters. The minimum absolute atomic E-state index is 0.0874. The number of hydrogen-bond donors (Lipinski definition) is 5. The van der Waals surface area contributed by atoms with Crippen molar-refractivity contribution in [2.45, 2.75) is 57.7 Å². The molecule has 240 valence electrons. The summed E-state index contributed by atoms with van der Waals surface area (Å²) in [5, 5.41) is 25.6. The first kappa shape index (κ1) is 34.4. The van der Waals surface area contributed by atoms with Crippen molar-refractivity contribution in [2.75, 3.05) is 45.5 Å². The number of imidazole rings is 1. The first-order valence-electron chi connectivity index (χ1n) is 13.1. The Morgan fingerprint density at radius 3 is 2.58 bits per heavy atom. The molecular weight excluding hydrogens is 611 g/mol. The van der Waals surface area contributed by atoms with Gasteiger partial charge in [0.25, 0.3) is 5.91 Å². The van der Waals surface area contributed by atoms with Crippen molar-refractivity contribution in [2.24, 2.45) is 0 Å². The number of likely N-dealkylation sites (N-methyl/N-ethyl adjacent to an activating group) is 1. The predicted molar refractivity (Wildman–Crippen MR) is 154 cm³/mol. The number of nitrogens with zero attached hydrogens (tertiary/aromatic N) is 5. The van der Waals surface area contributed by atoms with Crippen LogP contribution < -0.4 is 20.9 Å². The van der Waals surface area contributed by atoms with E-state index in [1.54, 1.807) is 13.8 Å². The van der Waals surface area contributed by atoms with Crippen LogP contribution in [-0.2, 0) is 28.2 Å². The van der Waals surface area contributed by atoms with E-state index in [2.05, 4.69) is 25.4 Å². The molecular formula is C23H37N8O10PS. The fourth-order valence-corrected chi connectivity index (χ4v) is 7.85. The summed E-state index contributed by atoms with van der Waals surface area (Å²) in [5.74, 6) is -1.40. The molecule has 1 aliphatic rings. The molecule has 3 rings (SSSR count). The molecule has 3 amide bonds. The van der Waals surface area contributed by atoms with Crippen molar-refractivity contribution in [1.82, 2.24) is 34.8 Å². The summed E-state index contributed by atoms with van der Waals surface area (Å²) in [6.07, 6.45) is -0.408. The highest BCUT2D eigenvalue weighted by Gasteiger charge is 2.40. The van der Waals surface area contributed by atoms with E-state index in [1.807, 2.05) is 0 Å². The maximum Gasteiger partial charge on any atom is 0.327 e. The fraction of sp³-hybridized carbons (Fsp3) is 0.652. The number of fused-ring (bicyclic) bond motifs is 1. The maximum atomic E-state index is 13.9. The number of aliphatic hydroxyl groups excluding tert-OH is 1. The third kappa shape index (κ3) is 8.31. The normalized spacial score (nSPS) is 19.7. The second-order valence-electron chi connectivity index (χ2n) is 10.0. The number of imide groups is 1. The smallest absolute Gasteiger partial charge is 0.327 e. The van der Waals surface area contributed by atoms with Gasteiger partial charge in [0.15, 0.2) is 17.4 Å². The lowest BCUT2D eigenvalue weighted by Gasteiger charge is -2.32. The molecule has 6 N–H and O–H groups in total. The molecule has 0 saturated carbocycles. The topological polar surface area (TPSA) is 243 Å². The Bertz CT molecular complexity index is 1380. The van der Waals surface area contributed by atoms with Gasteiger partial charge in [-0.15, -0.1) is 0 Å². The summed E-state index contributed by atoms with van der Waals surface area (Å²) in [5.41, 5.74) is 4.30. The van der Waals surface area contributed by atoms with E-state index in [0.29, 0.717) is 0 Å². The number of carbonyl (C=O) groups excluding carboxylic acids is 3. The number of aliphatic hydroxyl groups is 2. The molecule has 1 aliphatic heterocycles. The van der Waals surface area contributed by atoms with E-state index >= 15 is 0 Å². The van der Waals surface area contributed by atoms with Crippen LogP contribution in [0.5, 0.6) is 5.88 Å². The number of rotatable bonds is 16. The first-order chi connectivity index (χ1) is 20.1. The highest BCUT2D eigenvalue weighted by molar-refractivity contribution is 8.56. The molecule has 43 heavy (non-hydrogen) atoms. The highest BCUT2D eigenvalue weighted by atomic mass is 32.7. The number of esters is 1. The molecule has 18 nitrogen and oxygen atoms in total. The number of carbonyl (C=O) groups is 3. The molecule has 3 unspecified atom stereocenters. The van der Waals surface area contributed by atoms with Gasteiger partial charge in [-0.2, -0.15) is 9.97 Å². The molecule has 0 aliphatic carbocycles. The van der Waals surface area contributed by atoms with Gasteiger partial charge in [-0.25, -0.2) is 14.9 Å². The Kier molecular flexibility index (Phi) is 11.3. The summed E-state index contributed by atoms with van der Waals surface area (Å²) < 4.78 is 37.1. The van der Waals surface area contributed by atoms with Gasteiger partial charge in [0, 0.05) is 12.8 Å². The number of nitrogens with two attached hydrogens (primary N) is 1. The molecule has 1 saturated heterocycles. The molecule has 3 heterocycles. The first-order valence-corrected chi connectivity index (χ1v) is 16.3. The van der Waals surface area contributed by atoms with Gasteiger partial charge in [-0.05, 0) is 27.7 Å². The quantitative estimate of drug-likeness (QED) is 0.0697. The largest absolute Gasteiger partial charge is 0.479 e. The number of amides is 3. The maximum absolute atomic E-state index is 13.9. The Morgan fingerprint density at radius 1 is 1.30 bits per heavy atom. The van der Waals surface area contributed by atoms with E-state index in [1.165, 1.54) is 43.8 Å². The predicted octanol–water partition coefficient (Wildman–Crippen LogP) is 0.0134. The van der Waals surface area contributed by atoms with Crippen LogP contribution in [0, 0.1) is 0 Å². The minimum atomic E-state index is -3.94. The average molecular weight is 649 g/mol. The lowest BCUT2D eigenvalue weighted by atomic mass is 10.1. The van der Waals surface area contributed by atoms with Crippen LogP contribution in [0.4, 0.5) is 10.7 Å². The number of methoxy groups -OCH3 is 1. The van der Waals surface area contributed by atoms with Crippen LogP contribution in [0.25, 0.3) is 11.2 Å². The number of ether oxygens (including phenoxy) is 3. The molecule has 1 fully saturated rings. The average Bonchev–Trinajstić information content (AvgIpc) is 3.45. The molecule has 0 aromatic carbocycles. The molecule has 20 heteroatoms. The van der Waals surface area contributed by atoms with Gasteiger partial charge in [-0.3, -0.25) is 24.0 Å². The van der Waals surface area contributed by atoms with Crippen LogP contribution >= 0.6 is 18.1 Å². The van der Waals surface area contributed by atoms with E-state index in [4.69, 9.17) is 24.5 Å². The zero-order chi connectivity index (χ0) is 32.1. The van der Waals surface area contributed by atoms with Crippen molar-refractivity contribution in [3.8, 4) is 5.88 Å². The lowest BCUT2D eigenvalue weighted by molar-refractivity contribution is -0.158. The van der Waals surface area contributed by atoms with Crippen LogP contribution in [0.15, 0.2) is 6.33 Å². The second kappa shape index (κ2) is 14.1. The summed E-state index contributed by atoms with van der Waals surface area (Å²) in [7, 11) is 2.79. The highest BCUT2D eigenvalue weighted by Crippen LogP contribution is 2.56. The summed E-state index contributed by atoms with van der Waals surface area (Å²) in [6, 6.07) is -2.57. The van der Waals surface area contributed by atoms with Gasteiger partial charge in [-0.1, -0.05) is 11.4 Å². The SMILES string of the molecule is COc1nc(N)nc2c1ncn2[C@H](OCCOP(=O)(NC(C)C(=O)OC(C)C)SCC1C(=O)NC(=O)N1C)[C@](C)(O)CO. The summed E-state index contributed by atoms with van der Waals surface area (Å²) >= 11 is 0.724. The number of nitrogen functional groups attached to an aromatic ring is 1. The van der Waals surface area contributed by atoms with Crippen molar-refractivity contribution in [3.63, 3.8) is 0 Å². The molecule has 2 aromatic heterocycles. The van der Waals surface area contributed by atoms with Crippen LogP contribution in [0.1, 0.15) is 33.9 Å².